The average molecular weight is 237 g/mol. The van der Waals surface area contributed by atoms with E-state index in [9.17, 15) is 0 Å². The van der Waals surface area contributed by atoms with E-state index in [0.717, 1.165) is 25.4 Å². The Morgan fingerprint density at radius 2 is 2.24 bits per heavy atom. The highest BCUT2D eigenvalue weighted by Gasteiger charge is 2.12. The van der Waals surface area contributed by atoms with Crippen molar-refractivity contribution in [1.29, 1.82) is 0 Å². The van der Waals surface area contributed by atoms with Gasteiger partial charge in [0.2, 0.25) is 0 Å². The molecule has 4 heteroatoms. The Labute approximate surface area is 103 Å². The SMILES string of the molecule is Cn1ccc(CNCCOC2CCCCC2)n1. The van der Waals surface area contributed by atoms with Crippen LogP contribution in [0.4, 0.5) is 0 Å². The summed E-state index contributed by atoms with van der Waals surface area (Å²) in [6.07, 6.45) is 9.05. The monoisotopic (exact) mass is 237 g/mol. The largest absolute Gasteiger partial charge is 0.377 e. The van der Waals surface area contributed by atoms with Gasteiger partial charge >= 0.3 is 0 Å². The van der Waals surface area contributed by atoms with Crippen molar-refractivity contribution in [3.63, 3.8) is 0 Å². The fourth-order valence-corrected chi connectivity index (χ4v) is 2.30. The summed E-state index contributed by atoms with van der Waals surface area (Å²) in [6, 6.07) is 2.04. The highest BCUT2D eigenvalue weighted by molar-refractivity contribution is 4.97. The first-order valence-corrected chi connectivity index (χ1v) is 6.65. The third-order valence-electron chi connectivity index (χ3n) is 3.26. The van der Waals surface area contributed by atoms with Crippen LogP contribution in [-0.4, -0.2) is 29.0 Å². The molecular formula is C13H23N3O. The van der Waals surface area contributed by atoms with E-state index in [-0.39, 0.29) is 0 Å². The second-order valence-electron chi connectivity index (χ2n) is 4.79. The Kier molecular flexibility index (Phi) is 5.01. The standard InChI is InChI=1S/C13H23N3O/c1-16-9-7-12(15-16)11-14-8-10-17-13-5-3-2-4-6-13/h7,9,13-14H,2-6,8,10-11H2,1H3. The first-order chi connectivity index (χ1) is 8.34. The van der Waals surface area contributed by atoms with Crippen LogP contribution in [0.1, 0.15) is 37.8 Å². The van der Waals surface area contributed by atoms with Crippen LogP contribution in [0.25, 0.3) is 0 Å². The van der Waals surface area contributed by atoms with Crippen molar-refractivity contribution >= 4 is 0 Å². The lowest BCUT2D eigenvalue weighted by atomic mass is 9.98. The van der Waals surface area contributed by atoms with E-state index < -0.39 is 0 Å². The number of aryl methyl sites for hydroxylation is 1. The number of ether oxygens (including phenoxy) is 1. The Balaban J connectivity index is 1.51. The molecule has 1 aliphatic rings. The van der Waals surface area contributed by atoms with E-state index in [2.05, 4.69) is 10.4 Å². The van der Waals surface area contributed by atoms with Crippen molar-refractivity contribution in [2.75, 3.05) is 13.2 Å². The van der Waals surface area contributed by atoms with Crippen molar-refractivity contribution in [1.82, 2.24) is 15.1 Å². The molecule has 0 aliphatic heterocycles. The van der Waals surface area contributed by atoms with Gasteiger partial charge in [0.25, 0.3) is 0 Å². The molecule has 0 saturated heterocycles. The molecule has 4 nitrogen and oxygen atoms in total. The molecule has 2 rings (SSSR count). The first kappa shape index (κ1) is 12.6. The predicted octanol–water partition coefficient (Wildman–Crippen LogP) is 1.86. The quantitative estimate of drug-likeness (QED) is 0.768. The summed E-state index contributed by atoms with van der Waals surface area (Å²) < 4.78 is 7.67. The van der Waals surface area contributed by atoms with E-state index in [4.69, 9.17) is 4.74 Å². The Bertz CT molecular complexity index is 318. The minimum Gasteiger partial charge on any atom is -0.377 e. The molecule has 0 unspecified atom stereocenters. The van der Waals surface area contributed by atoms with Gasteiger partial charge in [-0.15, -0.1) is 0 Å². The summed E-state index contributed by atoms with van der Waals surface area (Å²) in [5, 5.41) is 7.67. The number of aromatic nitrogens is 2. The predicted molar refractivity (Wildman–Crippen MR) is 67.7 cm³/mol. The lowest BCUT2D eigenvalue weighted by Crippen LogP contribution is -2.24. The Morgan fingerprint density at radius 1 is 1.41 bits per heavy atom. The van der Waals surface area contributed by atoms with Crippen molar-refractivity contribution in [3.8, 4) is 0 Å². The maximum Gasteiger partial charge on any atom is 0.0762 e. The maximum absolute atomic E-state index is 5.84. The Morgan fingerprint density at radius 3 is 2.94 bits per heavy atom. The second kappa shape index (κ2) is 6.77. The number of hydrogen-bond donors (Lipinski definition) is 1. The molecule has 0 amide bonds. The normalized spacial score (nSPS) is 17.5. The highest BCUT2D eigenvalue weighted by Crippen LogP contribution is 2.19. The molecule has 1 aliphatic carbocycles. The van der Waals surface area contributed by atoms with E-state index in [1.165, 1.54) is 32.1 Å². The third-order valence-corrected chi connectivity index (χ3v) is 3.26. The zero-order valence-electron chi connectivity index (χ0n) is 10.7. The smallest absolute Gasteiger partial charge is 0.0762 e. The van der Waals surface area contributed by atoms with Gasteiger partial charge in [-0.3, -0.25) is 4.68 Å². The van der Waals surface area contributed by atoms with Gasteiger partial charge in [-0.2, -0.15) is 5.10 Å². The molecule has 17 heavy (non-hydrogen) atoms. The van der Waals surface area contributed by atoms with Gasteiger partial charge < -0.3 is 10.1 Å². The van der Waals surface area contributed by atoms with Crippen LogP contribution in [0.2, 0.25) is 0 Å². The number of hydrogen-bond acceptors (Lipinski definition) is 3. The van der Waals surface area contributed by atoms with Crippen molar-refractivity contribution in [2.45, 2.75) is 44.8 Å². The van der Waals surface area contributed by atoms with Gasteiger partial charge in [0.15, 0.2) is 0 Å². The Hall–Kier alpha value is -0.870. The van der Waals surface area contributed by atoms with Crippen LogP contribution in [0.3, 0.4) is 0 Å². The summed E-state index contributed by atoms with van der Waals surface area (Å²) in [5.74, 6) is 0. The lowest BCUT2D eigenvalue weighted by Gasteiger charge is -2.21. The van der Waals surface area contributed by atoms with Gasteiger partial charge in [-0.25, -0.2) is 0 Å². The van der Waals surface area contributed by atoms with Gasteiger partial charge in [0, 0.05) is 26.3 Å². The molecule has 0 radical (unpaired) electrons. The summed E-state index contributed by atoms with van der Waals surface area (Å²) in [6.45, 7) is 2.56. The van der Waals surface area contributed by atoms with Crippen molar-refractivity contribution < 1.29 is 4.74 Å². The van der Waals surface area contributed by atoms with Crippen LogP contribution in [0, 0.1) is 0 Å². The van der Waals surface area contributed by atoms with Gasteiger partial charge in [0.1, 0.15) is 0 Å². The summed E-state index contributed by atoms with van der Waals surface area (Å²) in [4.78, 5) is 0. The van der Waals surface area contributed by atoms with Crippen LogP contribution in [0.15, 0.2) is 12.3 Å². The minimum absolute atomic E-state index is 0.514. The number of nitrogens with one attached hydrogen (secondary N) is 1. The molecule has 1 saturated carbocycles. The highest BCUT2D eigenvalue weighted by atomic mass is 16.5. The van der Waals surface area contributed by atoms with Crippen LogP contribution in [-0.2, 0) is 18.3 Å². The molecule has 1 aromatic rings. The molecule has 0 bridgehead atoms. The molecule has 1 aromatic heterocycles. The van der Waals surface area contributed by atoms with Crippen LogP contribution >= 0.6 is 0 Å². The molecule has 0 aromatic carbocycles. The third kappa shape index (κ3) is 4.48. The van der Waals surface area contributed by atoms with Crippen LogP contribution < -0.4 is 5.32 Å². The molecule has 0 spiro atoms. The maximum atomic E-state index is 5.84. The zero-order chi connectivity index (χ0) is 11.9. The van der Waals surface area contributed by atoms with Gasteiger partial charge in [0.05, 0.1) is 18.4 Å². The van der Waals surface area contributed by atoms with Gasteiger partial charge in [-0.05, 0) is 18.9 Å². The van der Waals surface area contributed by atoms with Crippen molar-refractivity contribution in [3.05, 3.63) is 18.0 Å². The minimum atomic E-state index is 0.514. The molecule has 1 fully saturated rings. The topological polar surface area (TPSA) is 39.1 Å². The summed E-state index contributed by atoms with van der Waals surface area (Å²) in [5.41, 5.74) is 1.09. The van der Waals surface area contributed by atoms with E-state index in [1.807, 2.05) is 24.0 Å². The van der Waals surface area contributed by atoms with Crippen LogP contribution in [0.5, 0.6) is 0 Å². The molecule has 1 N–H and O–H groups in total. The molecule has 96 valence electrons. The van der Waals surface area contributed by atoms with Crippen molar-refractivity contribution in [2.24, 2.45) is 7.05 Å². The zero-order valence-corrected chi connectivity index (χ0v) is 10.7. The number of nitrogens with zero attached hydrogens (tertiary/aromatic N) is 2. The molecular weight excluding hydrogens is 214 g/mol. The fraction of sp³-hybridized carbons (Fsp3) is 0.769. The summed E-state index contributed by atoms with van der Waals surface area (Å²) in [7, 11) is 1.94. The molecule has 0 atom stereocenters. The fourth-order valence-electron chi connectivity index (χ4n) is 2.30. The van der Waals surface area contributed by atoms with E-state index >= 15 is 0 Å². The second-order valence-corrected chi connectivity index (χ2v) is 4.79. The van der Waals surface area contributed by atoms with E-state index in [1.54, 1.807) is 0 Å². The van der Waals surface area contributed by atoms with Gasteiger partial charge in [-0.1, -0.05) is 19.3 Å². The average Bonchev–Trinajstić information content (AvgIpc) is 2.76. The first-order valence-electron chi connectivity index (χ1n) is 6.65. The summed E-state index contributed by atoms with van der Waals surface area (Å²) >= 11 is 0. The lowest BCUT2D eigenvalue weighted by molar-refractivity contribution is 0.0302. The van der Waals surface area contributed by atoms with E-state index in [0.29, 0.717) is 6.10 Å². The molecule has 1 heterocycles. The number of rotatable bonds is 6.